The van der Waals surface area contributed by atoms with Gasteiger partial charge < -0.3 is 14.2 Å². The lowest BCUT2D eigenvalue weighted by Gasteiger charge is -2.27. The summed E-state index contributed by atoms with van der Waals surface area (Å²) in [5, 5.41) is 0. The predicted octanol–water partition coefficient (Wildman–Crippen LogP) is 5.98. The average molecular weight is 456 g/mol. The SMILES string of the molecule is CCCOCC1CCC(c2ncc(OC(F)(F)c3ccc(OCC)c(F)c3F)cn2)CC1. The van der Waals surface area contributed by atoms with E-state index in [0.29, 0.717) is 11.7 Å². The molecular weight excluding hydrogens is 428 g/mol. The van der Waals surface area contributed by atoms with E-state index >= 15 is 0 Å². The van der Waals surface area contributed by atoms with E-state index in [1.54, 1.807) is 6.92 Å². The molecule has 32 heavy (non-hydrogen) atoms. The van der Waals surface area contributed by atoms with Crippen molar-refractivity contribution in [1.82, 2.24) is 9.97 Å². The number of aromatic nitrogens is 2. The molecular formula is C23H28F4N2O3. The molecule has 5 nitrogen and oxygen atoms in total. The maximum Gasteiger partial charge on any atom is 0.429 e. The molecule has 2 aromatic rings. The predicted molar refractivity (Wildman–Crippen MR) is 110 cm³/mol. The largest absolute Gasteiger partial charge is 0.491 e. The van der Waals surface area contributed by atoms with Gasteiger partial charge in [0.2, 0.25) is 5.82 Å². The summed E-state index contributed by atoms with van der Waals surface area (Å²) in [6.45, 7) is 5.24. The summed E-state index contributed by atoms with van der Waals surface area (Å²) in [5.74, 6) is -2.77. The van der Waals surface area contributed by atoms with Gasteiger partial charge in [0.25, 0.3) is 0 Å². The highest BCUT2D eigenvalue weighted by molar-refractivity contribution is 5.33. The summed E-state index contributed by atoms with van der Waals surface area (Å²) in [6, 6.07) is 1.68. The zero-order valence-corrected chi connectivity index (χ0v) is 18.3. The molecule has 1 aromatic heterocycles. The molecule has 1 aromatic carbocycles. The number of hydrogen-bond donors (Lipinski definition) is 0. The second-order valence-electron chi connectivity index (χ2n) is 7.86. The van der Waals surface area contributed by atoms with Gasteiger partial charge >= 0.3 is 6.11 Å². The van der Waals surface area contributed by atoms with Gasteiger partial charge in [-0.05, 0) is 57.1 Å². The molecule has 0 amide bonds. The van der Waals surface area contributed by atoms with Gasteiger partial charge in [0.05, 0.1) is 19.0 Å². The van der Waals surface area contributed by atoms with E-state index in [2.05, 4.69) is 21.6 Å². The summed E-state index contributed by atoms with van der Waals surface area (Å²) in [6.07, 6.45) is 2.94. The third-order valence-corrected chi connectivity index (χ3v) is 5.47. The minimum atomic E-state index is -4.11. The fourth-order valence-electron chi connectivity index (χ4n) is 3.80. The fraction of sp³-hybridized carbons (Fsp3) is 0.565. The molecule has 9 heteroatoms. The molecule has 1 saturated carbocycles. The van der Waals surface area contributed by atoms with E-state index in [-0.39, 0.29) is 18.3 Å². The van der Waals surface area contributed by atoms with Gasteiger partial charge in [0, 0.05) is 19.1 Å². The molecule has 0 bridgehead atoms. The normalized spacial score (nSPS) is 19.1. The van der Waals surface area contributed by atoms with Crippen LogP contribution < -0.4 is 9.47 Å². The average Bonchev–Trinajstić information content (AvgIpc) is 2.78. The van der Waals surface area contributed by atoms with Crippen LogP contribution >= 0.6 is 0 Å². The van der Waals surface area contributed by atoms with Crippen molar-refractivity contribution in [2.75, 3.05) is 19.8 Å². The molecule has 0 atom stereocenters. The van der Waals surface area contributed by atoms with E-state index in [0.717, 1.165) is 69.8 Å². The highest BCUT2D eigenvalue weighted by Crippen LogP contribution is 2.37. The summed E-state index contributed by atoms with van der Waals surface area (Å²) < 4.78 is 72.2. The Labute approximate surface area is 185 Å². The van der Waals surface area contributed by atoms with E-state index < -0.39 is 29.1 Å². The van der Waals surface area contributed by atoms with Gasteiger partial charge in [0.15, 0.2) is 17.3 Å². The molecule has 3 rings (SSSR count). The van der Waals surface area contributed by atoms with Crippen molar-refractivity contribution >= 4 is 0 Å². The first-order chi connectivity index (χ1) is 15.4. The molecule has 1 aliphatic rings. The maximum atomic E-state index is 14.5. The Bertz CT molecular complexity index is 872. The molecule has 0 radical (unpaired) electrons. The van der Waals surface area contributed by atoms with Crippen molar-refractivity contribution in [3.8, 4) is 11.5 Å². The number of alkyl halides is 2. The molecule has 1 aliphatic carbocycles. The summed E-state index contributed by atoms with van der Waals surface area (Å²) in [5.41, 5.74) is -1.23. The first-order valence-electron chi connectivity index (χ1n) is 10.9. The van der Waals surface area contributed by atoms with E-state index in [1.165, 1.54) is 0 Å². The molecule has 0 spiro atoms. The van der Waals surface area contributed by atoms with E-state index in [4.69, 9.17) is 9.47 Å². The lowest BCUT2D eigenvalue weighted by molar-refractivity contribution is -0.188. The van der Waals surface area contributed by atoms with Crippen molar-refractivity contribution in [2.45, 2.75) is 58.0 Å². The van der Waals surface area contributed by atoms with Crippen molar-refractivity contribution in [2.24, 2.45) is 5.92 Å². The number of rotatable bonds is 10. The third-order valence-electron chi connectivity index (χ3n) is 5.47. The quantitative estimate of drug-likeness (QED) is 0.325. The van der Waals surface area contributed by atoms with Gasteiger partial charge in [-0.25, -0.2) is 14.4 Å². The van der Waals surface area contributed by atoms with Crippen LogP contribution in [0.3, 0.4) is 0 Å². The number of benzene rings is 1. The van der Waals surface area contributed by atoms with E-state index in [1.807, 2.05) is 0 Å². The van der Waals surface area contributed by atoms with Gasteiger partial charge in [-0.1, -0.05) is 6.92 Å². The maximum absolute atomic E-state index is 14.5. The standard InChI is InChI=1S/C23H28F4N2O3/c1-3-11-30-14-15-5-7-16(8-6-15)22-28-12-17(13-29-22)32-23(26,27)18-9-10-19(31-4-2)21(25)20(18)24/h9-10,12-13,15-16H,3-8,11,14H2,1-2H3. The Kier molecular flexibility index (Phi) is 8.28. The summed E-state index contributed by atoms with van der Waals surface area (Å²) in [4.78, 5) is 8.34. The van der Waals surface area contributed by atoms with Crippen molar-refractivity contribution in [3.05, 3.63) is 47.5 Å². The van der Waals surface area contributed by atoms with Gasteiger partial charge in [-0.2, -0.15) is 13.2 Å². The zero-order valence-electron chi connectivity index (χ0n) is 18.3. The molecule has 0 unspecified atom stereocenters. The molecule has 0 saturated heterocycles. The lowest BCUT2D eigenvalue weighted by atomic mass is 9.82. The van der Waals surface area contributed by atoms with Crippen LogP contribution in [0.5, 0.6) is 11.5 Å². The smallest absolute Gasteiger partial charge is 0.429 e. The topological polar surface area (TPSA) is 53.5 Å². The molecule has 0 N–H and O–H groups in total. The van der Waals surface area contributed by atoms with Crippen LogP contribution in [0, 0.1) is 17.6 Å². The first-order valence-corrected chi connectivity index (χ1v) is 10.9. The number of halogens is 4. The monoisotopic (exact) mass is 456 g/mol. The van der Waals surface area contributed by atoms with Crippen LogP contribution in [-0.4, -0.2) is 29.8 Å². The Morgan fingerprint density at radius 1 is 1.00 bits per heavy atom. The van der Waals surface area contributed by atoms with Crippen LogP contribution in [0.15, 0.2) is 24.5 Å². The molecule has 176 valence electrons. The van der Waals surface area contributed by atoms with Gasteiger partial charge in [-0.3, -0.25) is 0 Å². The Balaban J connectivity index is 1.61. The number of ether oxygens (including phenoxy) is 3. The number of nitrogens with zero attached hydrogens (tertiary/aromatic N) is 2. The van der Waals surface area contributed by atoms with E-state index in [9.17, 15) is 17.6 Å². The van der Waals surface area contributed by atoms with Gasteiger partial charge in [0.1, 0.15) is 11.4 Å². The third kappa shape index (κ3) is 5.88. The van der Waals surface area contributed by atoms with Crippen molar-refractivity contribution in [3.63, 3.8) is 0 Å². The van der Waals surface area contributed by atoms with Gasteiger partial charge in [-0.15, -0.1) is 0 Å². The summed E-state index contributed by atoms with van der Waals surface area (Å²) in [7, 11) is 0. The number of hydrogen-bond acceptors (Lipinski definition) is 5. The van der Waals surface area contributed by atoms with Crippen LogP contribution in [-0.2, 0) is 10.8 Å². The van der Waals surface area contributed by atoms with Crippen LogP contribution in [0.2, 0.25) is 0 Å². The highest BCUT2D eigenvalue weighted by Gasteiger charge is 2.40. The minimum Gasteiger partial charge on any atom is -0.491 e. The van der Waals surface area contributed by atoms with Crippen molar-refractivity contribution in [1.29, 1.82) is 0 Å². The Morgan fingerprint density at radius 2 is 1.69 bits per heavy atom. The minimum absolute atomic E-state index is 0.0700. The molecule has 1 fully saturated rings. The van der Waals surface area contributed by atoms with Crippen LogP contribution in [0.4, 0.5) is 17.6 Å². The lowest BCUT2D eigenvalue weighted by Crippen LogP contribution is -2.24. The summed E-state index contributed by atoms with van der Waals surface area (Å²) >= 11 is 0. The fourth-order valence-corrected chi connectivity index (χ4v) is 3.80. The molecule has 0 aliphatic heterocycles. The Hall–Kier alpha value is -2.42. The second kappa shape index (κ2) is 10.9. The highest BCUT2D eigenvalue weighted by atomic mass is 19.3. The zero-order chi connectivity index (χ0) is 23.1. The van der Waals surface area contributed by atoms with Crippen LogP contribution in [0.1, 0.15) is 63.3 Å². The second-order valence-corrected chi connectivity index (χ2v) is 7.86. The first kappa shape index (κ1) is 24.2. The van der Waals surface area contributed by atoms with Crippen molar-refractivity contribution < 1.29 is 31.8 Å². The molecule has 1 heterocycles. The Morgan fingerprint density at radius 3 is 2.31 bits per heavy atom. The van der Waals surface area contributed by atoms with Crippen LogP contribution in [0.25, 0.3) is 0 Å².